The maximum absolute atomic E-state index is 5.86. The molecule has 0 radical (unpaired) electrons. The summed E-state index contributed by atoms with van der Waals surface area (Å²) >= 11 is 7.65. The van der Waals surface area contributed by atoms with Crippen molar-refractivity contribution in [2.24, 2.45) is 0 Å². The Labute approximate surface area is 105 Å². The molecule has 1 aromatic heterocycles. The van der Waals surface area contributed by atoms with E-state index in [0.717, 1.165) is 17.1 Å². The predicted octanol–water partition coefficient (Wildman–Crippen LogP) is 4.96. The highest BCUT2D eigenvalue weighted by Crippen LogP contribution is 2.26. The number of hydrogen-bond acceptors (Lipinski definition) is 2. The van der Waals surface area contributed by atoms with Gasteiger partial charge in [0.1, 0.15) is 0 Å². The normalized spacial score (nSPS) is 12.4. The Hall–Kier alpha value is -0.990. The van der Waals surface area contributed by atoms with E-state index >= 15 is 0 Å². The topological polar surface area (TPSA) is 12.0 Å². The average Bonchev–Trinajstić information content (AvgIpc) is 2.82. The monoisotopic (exact) mass is 251 g/mol. The van der Waals surface area contributed by atoms with E-state index in [-0.39, 0.29) is 0 Å². The molecule has 0 saturated carbocycles. The molecule has 0 aliphatic heterocycles. The number of benzene rings is 1. The second-order valence-corrected chi connectivity index (χ2v) is 5.04. The molecule has 0 aliphatic rings. The van der Waals surface area contributed by atoms with Gasteiger partial charge in [0.15, 0.2) is 0 Å². The molecule has 1 N–H and O–H groups in total. The van der Waals surface area contributed by atoms with Crippen molar-refractivity contribution in [3.05, 3.63) is 51.7 Å². The van der Waals surface area contributed by atoms with Crippen LogP contribution >= 0.6 is 22.9 Å². The third-order valence-electron chi connectivity index (χ3n) is 2.48. The number of nitrogens with one attached hydrogen (secondary N) is 1. The molecule has 2 aromatic rings. The van der Waals surface area contributed by atoms with Crippen LogP contribution in [-0.4, -0.2) is 0 Å². The molecule has 1 atom stereocenters. The van der Waals surface area contributed by atoms with Gasteiger partial charge in [0.25, 0.3) is 0 Å². The molecule has 1 nitrogen and oxygen atoms in total. The maximum atomic E-state index is 5.86. The SMILES string of the molecule is CCC(Nc1ccc(Cl)cc1)c1cccs1. The van der Waals surface area contributed by atoms with Crippen molar-refractivity contribution in [3.8, 4) is 0 Å². The number of thiophene rings is 1. The first-order chi connectivity index (χ1) is 7.79. The Morgan fingerprint density at radius 1 is 1.25 bits per heavy atom. The molecule has 2 rings (SSSR count). The Kier molecular flexibility index (Phi) is 3.86. The van der Waals surface area contributed by atoms with Gasteiger partial charge in [-0.3, -0.25) is 0 Å². The van der Waals surface area contributed by atoms with Crippen molar-refractivity contribution in [3.63, 3.8) is 0 Å². The fraction of sp³-hybridized carbons (Fsp3) is 0.231. The van der Waals surface area contributed by atoms with Crippen LogP contribution in [0, 0.1) is 0 Å². The molecule has 1 aromatic carbocycles. The van der Waals surface area contributed by atoms with Gasteiger partial charge in [0, 0.05) is 15.6 Å². The molecule has 0 fully saturated rings. The van der Waals surface area contributed by atoms with Gasteiger partial charge in [0.2, 0.25) is 0 Å². The highest BCUT2D eigenvalue weighted by molar-refractivity contribution is 7.10. The summed E-state index contributed by atoms with van der Waals surface area (Å²) < 4.78 is 0. The summed E-state index contributed by atoms with van der Waals surface area (Å²) in [7, 11) is 0. The van der Waals surface area contributed by atoms with Crippen molar-refractivity contribution >= 4 is 28.6 Å². The van der Waals surface area contributed by atoms with Crippen LogP contribution in [0.3, 0.4) is 0 Å². The number of anilines is 1. The van der Waals surface area contributed by atoms with Gasteiger partial charge in [-0.05, 0) is 42.1 Å². The zero-order valence-corrected chi connectivity index (χ0v) is 10.7. The summed E-state index contributed by atoms with van der Waals surface area (Å²) in [5, 5.41) is 6.40. The van der Waals surface area contributed by atoms with Crippen molar-refractivity contribution in [2.75, 3.05) is 5.32 Å². The van der Waals surface area contributed by atoms with Crippen molar-refractivity contribution < 1.29 is 0 Å². The van der Waals surface area contributed by atoms with Crippen LogP contribution in [0.25, 0.3) is 0 Å². The zero-order valence-electron chi connectivity index (χ0n) is 9.11. The van der Waals surface area contributed by atoms with Gasteiger partial charge >= 0.3 is 0 Å². The van der Waals surface area contributed by atoms with Crippen LogP contribution in [0.2, 0.25) is 5.02 Å². The minimum absolute atomic E-state index is 0.390. The van der Waals surface area contributed by atoms with E-state index in [4.69, 9.17) is 11.6 Å². The fourth-order valence-electron chi connectivity index (χ4n) is 1.61. The highest BCUT2D eigenvalue weighted by Gasteiger charge is 2.09. The third-order valence-corrected chi connectivity index (χ3v) is 3.72. The molecule has 0 aliphatic carbocycles. The van der Waals surface area contributed by atoms with Crippen LogP contribution in [0.15, 0.2) is 41.8 Å². The van der Waals surface area contributed by atoms with Crippen molar-refractivity contribution in [1.29, 1.82) is 0 Å². The lowest BCUT2D eigenvalue weighted by molar-refractivity contribution is 0.764. The van der Waals surface area contributed by atoms with E-state index in [2.05, 4.69) is 29.8 Å². The standard InChI is InChI=1S/C13H14ClNS/c1-2-12(13-4-3-9-16-13)15-11-7-5-10(14)6-8-11/h3-9,12,15H,2H2,1H3. The average molecular weight is 252 g/mol. The first-order valence-corrected chi connectivity index (χ1v) is 6.61. The summed E-state index contributed by atoms with van der Waals surface area (Å²) in [5.41, 5.74) is 1.12. The predicted molar refractivity (Wildman–Crippen MR) is 72.4 cm³/mol. The molecule has 0 bridgehead atoms. The molecule has 16 heavy (non-hydrogen) atoms. The Morgan fingerprint density at radius 3 is 2.56 bits per heavy atom. The van der Waals surface area contributed by atoms with Crippen LogP contribution in [0.4, 0.5) is 5.69 Å². The first kappa shape index (κ1) is 11.5. The summed E-state index contributed by atoms with van der Waals surface area (Å²) in [6.07, 6.45) is 1.07. The van der Waals surface area contributed by atoms with E-state index in [0.29, 0.717) is 6.04 Å². The second kappa shape index (κ2) is 5.37. The maximum Gasteiger partial charge on any atom is 0.0603 e. The highest BCUT2D eigenvalue weighted by atomic mass is 35.5. The van der Waals surface area contributed by atoms with Gasteiger partial charge < -0.3 is 5.32 Å². The van der Waals surface area contributed by atoms with Crippen LogP contribution in [0.1, 0.15) is 24.3 Å². The fourth-order valence-corrected chi connectivity index (χ4v) is 2.60. The number of halogens is 1. The summed E-state index contributed by atoms with van der Waals surface area (Å²) in [6.45, 7) is 2.19. The molecule has 0 saturated heterocycles. The van der Waals surface area contributed by atoms with Crippen LogP contribution < -0.4 is 5.32 Å². The number of hydrogen-bond donors (Lipinski definition) is 1. The second-order valence-electron chi connectivity index (χ2n) is 3.63. The lowest BCUT2D eigenvalue weighted by atomic mass is 10.1. The Balaban J connectivity index is 2.10. The molecule has 1 unspecified atom stereocenters. The van der Waals surface area contributed by atoms with E-state index in [1.807, 2.05) is 24.3 Å². The van der Waals surface area contributed by atoms with E-state index < -0.39 is 0 Å². The minimum Gasteiger partial charge on any atom is -0.377 e. The van der Waals surface area contributed by atoms with E-state index in [1.54, 1.807) is 11.3 Å². The van der Waals surface area contributed by atoms with Gasteiger partial charge in [-0.2, -0.15) is 0 Å². The third kappa shape index (κ3) is 2.77. The largest absolute Gasteiger partial charge is 0.377 e. The molecular formula is C13H14ClNS. The van der Waals surface area contributed by atoms with Gasteiger partial charge in [-0.25, -0.2) is 0 Å². The molecular weight excluding hydrogens is 238 g/mol. The molecule has 1 heterocycles. The zero-order chi connectivity index (χ0) is 11.4. The Morgan fingerprint density at radius 2 is 2.00 bits per heavy atom. The first-order valence-electron chi connectivity index (χ1n) is 5.35. The van der Waals surface area contributed by atoms with E-state index in [9.17, 15) is 0 Å². The van der Waals surface area contributed by atoms with E-state index in [1.165, 1.54) is 4.88 Å². The molecule has 84 valence electrons. The summed E-state index contributed by atoms with van der Waals surface area (Å²) in [6, 6.07) is 12.5. The molecule has 0 spiro atoms. The summed E-state index contributed by atoms with van der Waals surface area (Å²) in [5.74, 6) is 0. The van der Waals surface area contributed by atoms with Gasteiger partial charge in [-0.15, -0.1) is 11.3 Å². The lowest BCUT2D eigenvalue weighted by Crippen LogP contribution is -2.07. The molecule has 3 heteroatoms. The van der Waals surface area contributed by atoms with Crippen LogP contribution in [0.5, 0.6) is 0 Å². The van der Waals surface area contributed by atoms with Crippen LogP contribution in [-0.2, 0) is 0 Å². The van der Waals surface area contributed by atoms with Gasteiger partial charge in [-0.1, -0.05) is 24.6 Å². The smallest absolute Gasteiger partial charge is 0.0603 e. The Bertz CT molecular complexity index is 422. The quantitative estimate of drug-likeness (QED) is 0.810. The van der Waals surface area contributed by atoms with Crippen molar-refractivity contribution in [2.45, 2.75) is 19.4 Å². The van der Waals surface area contributed by atoms with Crippen molar-refractivity contribution in [1.82, 2.24) is 0 Å². The number of rotatable bonds is 4. The minimum atomic E-state index is 0.390. The molecule has 0 amide bonds. The van der Waals surface area contributed by atoms with Gasteiger partial charge in [0.05, 0.1) is 6.04 Å². The summed E-state index contributed by atoms with van der Waals surface area (Å²) in [4.78, 5) is 1.37. The lowest BCUT2D eigenvalue weighted by Gasteiger charge is -2.16.